The highest BCUT2D eigenvalue weighted by atomic mass is 35.5. The number of halogens is 3. The van der Waals surface area contributed by atoms with E-state index in [9.17, 15) is 9.18 Å². The van der Waals surface area contributed by atoms with E-state index in [4.69, 9.17) is 27.9 Å². The summed E-state index contributed by atoms with van der Waals surface area (Å²) in [6.45, 7) is 4.03. The molecule has 0 aromatic heterocycles. The molecule has 6 heteroatoms. The topological polar surface area (TPSA) is 29.5 Å². The second-order valence-electron chi connectivity index (χ2n) is 5.72. The summed E-state index contributed by atoms with van der Waals surface area (Å²) in [6, 6.07) is 2.61. The van der Waals surface area contributed by atoms with E-state index in [-0.39, 0.29) is 29.0 Å². The first kappa shape index (κ1) is 16.3. The van der Waals surface area contributed by atoms with Crippen LogP contribution >= 0.6 is 23.2 Å². The number of benzene rings is 1. The molecule has 1 aromatic rings. The van der Waals surface area contributed by atoms with Crippen LogP contribution < -0.4 is 9.64 Å². The minimum atomic E-state index is -0.541. The van der Waals surface area contributed by atoms with Crippen LogP contribution in [0, 0.1) is 5.82 Å². The maximum Gasteiger partial charge on any atom is 0.254 e. The quantitative estimate of drug-likeness (QED) is 0.774. The molecule has 0 N–H and O–H groups in total. The van der Waals surface area contributed by atoms with Gasteiger partial charge in [-0.25, -0.2) is 4.39 Å². The fraction of sp³-hybridized carbons (Fsp3) is 0.353. The van der Waals surface area contributed by atoms with E-state index in [2.05, 4.69) is 6.58 Å². The lowest BCUT2D eigenvalue weighted by atomic mass is 9.94. The predicted molar refractivity (Wildman–Crippen MR) is 89.7 cm³/mol. The van der Waals surface area contributed by atoms with Gasteiger partial charge in [-0.05, 0) is 37.3 Å². The van der Waals surface area contributed by atoms with Gasteiger partial charge in [-0.3, -0.25) is 4.79 Å². The lowest BCUT2D eigenvalue weighted by Gasteiger charge is -2.19. The number of carbonyl (C=O) groups excluding carboxylic acids is 1. The fourth-order valence-corrected chi connectivity index (χ4v) is 3.27. The molecule has 23 heavy (non-hydrogen) atoms. The Hall–Kier alpha value is -1.52. The van der Waals surface area contributed by atoms with Gasteiger partial charge >= 0.3 is 0 Å². The Balaban J connectivity index is 1.89. The van der Waals surface area contributed by atoms with Crippen molar-refractivity contribution in [3.05, 3.63) is 45.7 Å². The van der Waals surface area contributed by atoms with Crippen molar-refractivity contribution in [2.24, 2.45) is 0 Å². The molecule has 2 aliphatic rings. The minimum absolute atomic E-state index is 0.0645. The molecular weight excluding hydrogens is 340 g/mol. The third-order valence-corrected chi connectivity index (χ3v) is 4.52. The lowest BCUT2D eigenvalue weighted by Crippen LogP contribution is -2.27. The predicted octanol–water partition coefficient (Wildman–Crippen LogP) is 4.83. The van der Waals surface area contributed by atoms with Gasteiger partial charge in [-0.15, -0.1) is 0 Å². The molecule has 1 aromatic carbocycles. The number of hydrogen-bond donors (Lipinski definition) is 0. The zero-order valence-corrected chi connectivity index (χ0v) is 14.0. The second-order valence-corrected chi connectivity index (χ2v) is 6.66. The Morgan fingerprint density at radius 3 is 2.78 bits per heavy atom. The number of hydrogen-bond acceptors (Lipinski definition) is 2. The van der Waals surface area contributed by atoms with Crippen LogP contribution in [-0.4, -0.2) is 19.1 Å². The molecule has 0 unspecified atom stereocenters. The molecule has 0 radical (unpaired) electrons. The van der Waals surface area contributed by atoms with E-state index in [1.165, 1.54) is 11.0 Å². The summed E-state index contributed by atoms with van der Waals surface area (Å²) >= 11 is 11.7. The Bertz CT molecular complexity index is 715. The molecule has 1 aliphatic carbocycles. The summed E-state index contributed by atoms with van der Waals surface area (Å²) in [5.74, 6) is -0.378. The first-order chi connectivity index (χ1) is 11.0. The van der Waals surface area contributed by atoms with Crippen molar-refractivity contribution >= 4 is 34.8 Å². The van der Waals surface area contributed by atoms with Crippen molar-refractivity contribution in [3.63, 3.8) is 0 Å². The zero-order valence-electron chi connectivity index (χ0n) is 12.5. The van der Waals surface area contributed by atoms with Gasteiger partial charge in [-0.2, -0.15) is 0 Å². The smallest absolute Gasteiger partial charge is 0.254 e. The highest BCUT2D eigenvalue weighted by Gasteiger charge is 2.34. The highest BCUT2D eigenvalue weighted by Crippen LogP contribution is 2.38. The third-order valence-electron chi connectivity index (χ3n) is 4.11. The summed E-state index contributed by atoms with van der Waals surface area (Å²) in [5.41, 5.74) is 2.14. The molecule has 0 atom stereocenters. The van der Waals surface area contributed by atoms with Crippen LogP contribution in [0.2, 0.25) is 5.02 Å². The zero-order chi connectivity index (χ0) is 16.6. The van der Waals surface area contributed by atoms with Crippen LogP contribution in [0.5, 0.6) is 5.75 Å². The van der Waals surface area contributed by atoms with Crippen molar-refractivity contribution < 1.29 is 13.9 Å². The Kier molecular flexibility index (Phi) is 4.64. The maximum atomic E-state index is 14.3. The number of ether oxygens (including phenoxy) is 1. The Morgan fingerprint density at radius 1 is 1.35 bits per heavy atom. The van der Waals surface area contributed by atoms with Crippen LogP contribution in [0.25, 0.3) is 0 Å². The van der Waals surface area contributed by atoms with E-state index in [0.717, 1.165) is 42.9 Å². The summed E-state index contributed by atoms with van der Waals surface area (Å²) in [4.78, 5) is 14.0. The molecule has 3 rings (SSSR count). The van der Waals surface area contributed by atoms with Gasteiger partial charge in [0.05, 0.1) is 10.7 Å². The molecule has 0 bridgehead atoms. The van der Waals surface area contributed by atoms with Crippen LogP contribution in [0.1, 0.15) is 25.7 Å². The van der Waals surface area contributed by atoms with Gasteiger partial charge in [0.2, 0.25) is 0 Å². The minimum Gasteiger partial charge on any atom is -0.486 e. The maximum absolute atomic E-state index is 14.3. The fourth-order valence-electron chi connectivity index (χ4n) is 3.01. The molecule has 122 valence electrons. The van der Waals surface area contributed by atoms with Crippen molar-refractivity contribution in [1.82, 2.24) is 0 Å². The average molecular weight is 356 g/mol. The number of anilines is 1. The standard InChI is InChI=1S/C17H16Cl2FNO2/c1-10(18)9-23-16-7-15(14(20)6-13(16)19)21-8-11-4-2-3-5-12(11)17(21)22/h6-7H,1-5,8-9H2. The largest absolute Gasteiger partial charge is 0.486 e. The normalized spacial score (nSPS) is 17.5. The SMILES string of the molecule is C=C(Cl)COc1cc(N2CC3=C(CCCC3)C2=O)c(F)cc1Cl. The summed E-state index contributed by atoms with van der Waals surface area (Å²) in [5, 5.41) is 0.440. The molecule has 1 heterocycles. The highest BCUT2D eigenvalue weighted by molar-refractivity contribution is 6.32. The molecule has 0 fully saturated rings. The van der Waals surface area contributed by atoms with Gasteiger partial charge in [0.15, 0.2) is 0 Å². The van der Waals surface area contributed by atoms with Crippen LogP contribution in [0.15, 0.2) is 34.9 Å². The van der Waals surface area contributed by atoms with Crippen molar-refractivity contribution in [3.8, 4) is 5.75 Å². The molecule has 3 nitrogen and oxygen atoms in total. The van der Waals surface area contributed by atoms with Gasteiger partial charge < -0.3 is 9.64 Å². The molecule has 0 saturated carbocycles. The van der Waals surface area contributed by atoms with E-state index in [1.807, 2.05) is 0 Å². The monoisotopic (exact) mass is 355 g/mol. The van der Waals surface area contributed by atoms with Gasteiger partial charge in [0.25, 0.3) is 5.91 Å². The number of rotatable bonds is 4. The van der Waals surface area contributed by atoms with E-state index >= 15 is 0 Å². The van der Waals surface area contributed by atoms with Gasteiger partial charge in [0.1, 0.15) is 18.2 Å². The molecule has 0 spiro atoms. The van der Waals surface area contributed by atoms with Crippen LogP contribution in [0.3, 0.4) is 0 Å². The third kappa shape index (κ3) is 3.24. The van der Waals surface area contributed by atoms with Crippen LogP contribution in [0.4, 0.5) is 10.1 Å². The number of carbonyl (C=O) groups is 1. The van der Waals surface area contributed by atoms with Crippen LogP contribution in [-0.2, 0) is 4.79 Å². The summed E-state index contributed by atoms with van der Waals surface area (Å²) < 4.78 is 19.8. The molecule has 0 saturated heterocycles. The van der Waals surface area contributed by atoms with Crippen molar-refractivity contribution in [2.75, 3.05) is 18.1 Å². The van der Waals surface area contributed by atoms with E-state index in [0.29, 0.717) is 11.6 Å². The lowest BCUT2D eigenvalue weighted by molar-refractivity contribution is -0.114. The summed E-state index contributed by atoms with van der Waals surface area (Å²) in [7, 11) is 0. The van der Waals surface area contributed by atoms with E-state index < -0.39 is 5.82 Å². The molecular formula is C17H16Cl2FNO2. The Morgan fingerprint density at radius 2 is 2.09 bits per heavy atom. The number of nitrogens with zero attached hydrogens (tertiary/aromatic N) is 1. The second kappa shape index (κ2) is 6.54. The molecule has 1 amide bonds. The first-order valence-corrected chi connectivity index (χ1v) is 8.21. The number of amides is 1. The van der Waals surface area contributed by atoms with E-state index in [1.54, 1.807) is 0 Å². The summed E-state index contributed by atoms with van der Waals surface area (Å²) in [6.07, 6.45) is 3.76. The van der Waals surface area contributed by atoms with Crippen molar-refractivity contribution in [2.45, 2.75) is 25.7 Å². The molecule has 1 aliphatic heterocycles. The Labute approximate surface area is 144 Å². The van der Waals surface area contributed by atoms with Crippen molar-refractivity contribution in [1.29, 1.82) is 0 Å². The first-order valence-electron chi connectivity index (χ1n) is 7.45. The average Bonchev–Trinajstić information content (AvgIpc) is 2.84. The van der Waals surface area contributed by atoms with Gasteiger partial charge in [-0.1, -0.05) is 29.8 Å². The van der Waals surface area contributed by atoms with Gasteiger partial charge in [0, 0.05) is 23.2 Å².